The molecule has 2 rings (SSSR count). The van der Waals surface area contributed by atoms with E-state index in [1.165, 1.54) is 5.56 Å². The normalized spacial score (nSPS) is 33.7. The summed E-state index contributed by atoms with van der Waals surface area (Å²) in [6.07, 6.45) is 3.74. The quantitative estimate of drug-likeness (QED) is 0.699. The van der Waals surface area contributed by atoms with Crippen LogP contribution in [0.1, 0.15) is 66.5 Å². The van der Waals surface area contributed by atoms with Crippen LogP contribution < -0.4 is 4.74 Å². The first kappa shape index (κ1) is 10.9. The minimum absolute atomic E-state index is 0.0808. The lowest BCUT2D eigenvalue weighted by atomic mass is 9.77. The van der Waals surface area contributed by atoms with E-state index in [0.29, 0.717) is 12.5 Å². The van der Waals surface area contributed by atoms with Gasteiger partial charge in [0.1, 0.15) is 5.75 Å². The van der Waals surface area contributed by atoms with Crippen LogP contribution in [0.5, 0.6) is 5.75 Å². The van der Waals surface area contributed by atoms with Crippen molar-refractivity contribution in [2.75, 3.05) is 6.61 Å². The maximum atomic E-state index is 8.31. The smallest absolute Gasteiger partial charge is 0.119 e. The van der Waals surface area contributed by atoms with E-state index in [2.05, 4.69) is 19.1 Å². The van der Waals surface area contributed by atoms with Crippen LogP contribution in [0.3, 0.4) is 0 Å². The first-order valence-corrected chi connectivity index (χ1v) is 7.22. The van der Waals surface area contributed by atoms with Gasteiger partial charge >= 0.3 is 0 Å². The standard InChI is InChI=1S/C17H26O/c1-3-5-14-6-8-15(9-7-14)16-10-12-17(13-11-16)18-4-2/h10-15H,3-9H2,1-2H3/i6D,7D/t6-,7+,14?,15?. The van der Waals surface area contributed by atoms with Crippen molar-refractivity contribution in [3.63, 3.8) is 0 Å². The summed E-state index contributed by atoms with van der Waals surface area (Å²) in [6.45, 7) is 4.82. The highest BCUT2D eigenvalue weighted by Gasteiger charge is 2.21. The second-order valence-corrected chi connectivity index (χ2v) is 5.09. The van der Waals surface area contributed by atoms with Crippen molar-refractivity contribution in [3.05, 3.63) is 29.8 Å². The average Bonchev–Trinajstić information content (AvgIpc) is 2.44. The largest absolute Gasteiger partial charge is 0.494 e. The molecule has 0 spiro atoms. The van der Waals surface area contributed by atoms with Crippen LogP contribution in [0.25, 0.3) is 0 Å². The van der Waals surface area contributed by atoms with Gasteiger partial charge in [0.15, 0.2) is 0 Å². The van der Waals surface area contributed by atoms with E-state index in [0.717, 1.165) is 31.4 Å². The molecule has 0 heterocycles. The molecule has 18 heavy (non-hydrogen) atoms. The zero-order chi connectivity index (χ0) is 14.5. The molecule has 2 unspecified atom stereocenters. The van der Waals surface area contributed by atoms with Gasteiger partial charge in [-0.3, -0.25) is 0 Å². The molecular weight excluding hydrogens is 220 g/mol. The molecule has 0 aromatic heterocycles. The Labute approximate surface area is 114 Å². The van der Waals surface area contributed by atoms with E-state index in [9.17, 15) is 0 Å². The van der Waals surface area contributed by atoms with Crippen LogP contribution in [0.4, 0.5) is 0 Å². The lowest BCUT2D eigenvalue weighted by Gasteiger charge is -2.28. The second-order valence-electron chi connectivity index (χ2n) is 5.09. The van der Waals surface area contributed by atoms with E-state index in [-0.39, 0.29) is 18.7 Å². The Kier molecular flexibility index (Phi) is 4.13. The SMILES string of the molecule is [2H][C@@H]1CC(c2ccc(OCC)cc2)C[C@H]([2H])C1CCC. The third-order valence-electron chi connectivity index (χ3n) is 3.73. The van der Waals surface area contributed by atoms with Crippen LogP contribution >= 0.6 is 0 Å². The summed E-state index contributed by atoms with van der Waals surface area (Å²) in [4.78, 5) is 0. The highest BCUT2D eigenvalue weighted by Crippen LogP contribution is 2.37. The zero-order valence-electron chi connectivity index (χ0n) is 13.6. The molecule has 0 N–H and O–H groups in total. The van der Waals surface area contributed by atoms with Gasteiger partial charge in [-0.15, -0.1) is 0 Å². The van der Waals surface area contributed by atoms with Gasteiger partial charge < -0.3 is 4.74 Å². The highest BCUT2D eigenvalue weighted by molar-refractivity contribution is 5.29. The molecule has 0 amide bonds. The van der Waals surface area contributed by atoms with Gasteiger partial charge in [-0.2, -0.15) is 0 Å². The molecule has 1 fully saturated rings. The fraction of sp³-hybridized carbons (Fsp3) is 0.647. The van der Waals surface area contributed by atoms with E-state index in [1.807, 2.05) is 19.1 Å². The van der Waals surface area contributed by atoms with Gasteiger partial charge in [0.25, 0.3) is 0 Å². The van der Waals surface area contributed by atoms with E-state index < -0.39 is 0 Å². The number of rotatable bonds is 5. The summed E-state index contributed by atoms with van der Waals surface area (Å²) in [6, 6.07) is 8.23. The summed E-state index contributed by atoms with van der Waals surface area (Å²) in [5.74, 6) is 1.53. The van der Waals surface area contributed by atoms with Gasteiger partial charge in [0, 0.05) is 2.74 Å². The van der Waals surface area contributed by atoms with Crippen molar-refractivity contribution >= 4 is 0 Å². The summed E-state index contributed by atoms with van der Waals surface area (Å²) >= 11 is 0. The third-order valence-corrected chi connectivity index (χ3v) is 3.73. The molecule has 0 radical (unpaired) electrons. The minimum Gasteiger partial charge on any atom is -0.494 e. The molecule has 1 aliphatic carbocycles. The summed E-state index contributed by atoms with van der Waals surface area (Å²) in [5, 5.41) is 0. The molecule has 100 valence electrons. The van der Waals surface area contributed by atoms with Crippen LogP contribution in [0, 0.1) is 5.92 Å². The summed E-state index contributed by atoms with van der Waals surface area (Å²) in [5.41, 5.74) is 1.26. The number of hydrogen-bond acceptors (Lipinski definition) is 1. The third kappa shape index (κ3) is 3.51. The number of benzene rings is 1. The molecule has 0 saturated heterocycles. The van der Waals surface area contributed by atoms with Gasteiger partial charge in [0.2, 0.25) is 0 Å². The van der Waals surface area contributed by atoms with Crippen molar-refractivity contribution in [1.82, 2.24) is 0 Å². The molecule has 0 bridgehead atoms. The van der Waals surface area contributed by atoms with Gasteiger partial charge in [-0.1, -0.05) is 31.9 Å². The molecule has 0 aliphatic heterocycles. The predicted octanol–water partition coefficient (Wildman–Crippen LogP) is 5.16. The van der Waals surface area contributed by atoms with Crippen molar-refractivity contribution in [2.24, 2.45) is 5.92 Å². The minimum atomic E-state index is -0.0808. The van der Waals surface area contributed by atoms with Crippen molar-refractivity contribution in [3.8, 4) is 5.75 Å². The zero-order valence-corrected chi connectivity index (χ0v) is 11.6. The first-order chi connectivity index (χ1) is 9.65. The maximum absolute atomic E-state index is 8.31. The fourth-order valence-corrected chi connectivity index (χ4v) is 2.71. The van der Waals surface area contributed by atoms with E-state index in [4.69, 9.17) is 7.48 Å². The summed E-state index contributed by atoms with van der Waals surface area (Å²) < 4.78 is 22.1. The Balaban J connectivity index is 2.03. The van der Waals surface area contributed by atoms with Crippen LogP contribution in [-0.2, 0) is 0 Å². The summed E-state index contributed by atoms with van der Waals surface area (Å²) in [7, 11) is 0. The molecular formula is C17H26O. The van der Waals surface area contributed by atoms with Gasteiger partial charge in [-0.25, -0.2) is 0 Å². The Morgan fingerprint density at radius 2 is 1.83 bits per heavy atom. The second kappa shape index (κ2) is 6.82. The molecule has 1 aromatic rings. The molecule has 1 aromatic carbocycles. The monoisotopic (exact) mass is 248 g/mol. The predicted molar refractivity (Wildman–Crippen MR) is 77.2 cm³/mol. The Hall–Kier alpha value is -0.980. The van der Waals surface area contributed by atoms with Crippen molar-refractivity contribution in [2.45, 2.75) is 58.2 Å². The number of hydrogen-bond donors (Lipinski definition) is 0. The van der Waals surface area contributed by atoms with Gasteiger partial charge in [-0.05, 0) is 62.1 Å². The lowest BCUT2D eigenvalue weighted by molar-refractivity contribution is 0.308. The maximum Gasteiger partial charge on any atom is 0.119 e. The highest BCUT2D eigenvalue weighted by atomic mass is 16.5. The topological polar surface area (TPSA) is 9.23 Å². The molecule has 1 aliphatic rings. The van der Waals surface area contributed by atoms with Gasteiger partial charge in [0.05, 0.1) is 6.61 Å². The van der Waals surface area contributed by atoms with E-state index >= 15 is 0 Å². The van der Waals surface area contributed by atoms with Crippen LogP contribution in [-0.4, -0.2) is 6.61 Å². The molecule has 1 saturated carbocycles. The van der Waals surface area contributed by atoms with Crippen molar-refractivity contribution in [1.29, 1.82) is 0 Å². The first-order valence-electron chi connectivity index (χ1n) is 8.38. The molecule has 1 heteroatoms. The lowest BCUT2D eigenvalue weighted by Crippen LogP contribution is -2.13. The average molecular weight is 248 g/mol. The number of ether oxygens (including phenoxy) is 1. The Morgan fingerprint density at radius 3 is 2.39 bits per heavy atom. The molecule has 1 nitrogen and oxygen atoms in total. The Bertz CT molecular complexity index is 392. The Morgan fingerprint density at radius 1 is 1.17 bits per heavy atom. The van der Waals surface area contributed by atoms with Crippen molar-refractivity contribution < 1.29 is 7.48 Å². The fourth-order valence-electron chi connectivity index (χ4n) is 2.71. The van der Waals surface area contributed by atoms with E-state index in [1.54, 1.807) is 0 Å². The molecule has 4 atom stereocenters. The van der Waals surface area contributed by atoms with Crippen LogP contribution in [0.15, 0.2) is 24.3 Å². The van der Waals surface area contributed by atoms with Crippen LogP contribution in [0.2, 0.25) is 0 Å².